The lowest BCUT2D eigenvalue weighted by atomic mass is 9.97. The topological polar surface area (TPSA) is 49.4 Å². The van der Waals surface area contributed by atoms with Crippen LogP contribution < -0.4 is 5.32 Å². The van der Waals surface area contributed by atoms with E-state index in [0.717, 1.165) is 38.5 Å². The molecule has 1 N–H and O–H groups in total. The van der Waals surface area contributed by atoms with Crippen molar-refractivity contribution in [1.82, 2.24) is 10.2 Å². The maximum atomic E-state index is 11.5. The highest BCUT2D eigenvalue weighted by Gasteiger charge is 2.20. The van der Waals surface area contributed by atoms with Gasteiger partial charge in [-0.15, -0.1) is 0 Å². The molecule has 4 nitrogen and oxygen atoms in total. The molecule has 0 aromatic carbocycles. The average Bonchev–Trinajstić information content (AvgIpc) is 2.37. The van der Waals surface area contributed by atoms with Crippen molar-refractivity contribution in [3.05, 3.63) is 0 Å². The largest absolute Gasteiger partial charge is 0.314 e. The number of rotatable bonds is 8. The van der Waals surface area contributed by atoms with Gasteiger partial charge in [0.05, 0.1) is 5.75 Å². The first-order chi connectivity index (χ1) is 8.93. The van der Waals surface area contributed by atoms with E-state index in [4.69, 9.17) is 0 Å². The predicted octanol–water partition coefficient (Wildman–Crippen LogP) is 1.52. The second kappa shape index (κ2) is 8.22. The van der Waals surface area contributed by atoms with E-state index < -0.39 is 9.84 Å². The Hall–Kier alpha value is -0.130. The SMILES string of the molecule is CCS(=O)(=O)CCCN1CCCC(CNC(C)C)C1. The lowest BCUT2D eigenvalue weighted by Gasteiger charge is -2.33. The van der Waals surface area contributed by atoms with Crippen LogP contribution >= 0.6 is 0 Å². The summed E-state index contributed by atoms with van der Waals surface area (Å²) in [7, 11) is -2.79. The Morgan fingerprint density at radius 3 is 2.74 bits per heavy atom. The van der Waals surface area contributed by atoms with Gasteiger partial charge in [0, 0.05) is 18.3 Å². The van der Waals surface area contributed by atoms with Crippen LogP contribution in [0, 0.1) is 5.92 Å². The number of hydrogen-bond donors (Lipinski definition) is 1. The first kappa shape index (κ1) is 16.9. The Balaban J connectivity index is 2.23. The summed E-state index contributed by atoms with van der Waals surface area (Å²) in [6.07, 6.45) is 3.31. The minimum atomic E-state index is -2.79. The third-order valence-corrected chi connectivity index (χ3v) is 5.58. The van der Waals surface area contributed by atoms with Gasteiger partial charge in [0.15, 0.2) is 0 Å². The maximum absolute atomic E-state index is 11.5. The lowest BCUT2D eigenvalue weighted by Crippen LogP contribution is -2.41. The summed E-state index contributed by atoms with van der Waals surface area (Å²) in [5, 5.41) is 3.50. The summed E-state index contributed by atoms with van der Waals surface area (Å²) < 4.78 is 22.9. The second-order valence-electron chi connectivity index (χ2n) is 5.96. The average molecular weight is 290 g/mol. The van der Waals surface area contributed by atoms with Gasteiger partial charge in [0.2, 0.25) is 0 Å². The summed E-state index contributed by atoms with van der Waals surface area (Å²) in [4.78, 5) is 2.43. The van der Waals surface area contributed by atoms with Gasteiger partial charge in [-0.05, 0) is 44.8 Å². The molecule has 5 heteroatoms. The molecule has 0 spiro atoms. The first-order valence-corrected chi connectivity index (χ1v) is 9.41. The maximum Gasteiger partial charge on any atom is 0.150 e. The van der Waals surface area contributed by atoms with Crippen LogP contribution in [0.15, 0.2) is 0 Å². The molecule has 0 saturated carbocycles. The van der Waals surface area contributed by atoms with Crippen LogP contribution in [0.2, 0.25) is 0 Å². The lowest BCUT2D eigenvalue weighted by molar-refractivity contribution is 0.171. The second-order valence-corrected chi connectivity index (χ2v) is 8.43. The minimum absolute atomic E-state index is 0.272. The molecule has 1 heterocycles. The summed E-state index contributed by atoms with van der Waals surface area (Å²) >= 11 is 0. The molecule has 1 saturated heterocycles. The molecule has 1 aliphatic heterocycles. The van der Waals surface area contributed by atoms with Crippen LogP contribution in [0.5, 0.6) is 0 Å². The molecule has 0 aromatic rings. The summed E-state index contributed by atoms with van der Waals surface area (Å²) in [6.45, 7) is 10.3. The van der Waals surface area contributed by atoms with Gasteiger partial charge < -0.3 is 10.2 Å². The highest BCUT2D eigenvalue weighted by atomic mass is 32.2. The molecule has 1 rings (SSSR count). The summed E-state index contributed by atoms with van der Waals surface area (Å²) in [5.74, 6) is 1.34. The molecule has 1 aliphatic rings. The van der Waals surface area contributed by atoms with Gasteiger partial charge >= 0.3 is 0 Å². The molecule has 0 aromatic heterocycles. The highest BCUT2D eigenvalue weighted by molar-refractivity contribution is 7.91. The van der Waals surface area contributed by atoms with E-state index in [1.165, 1.54) is 12.8 Å². The molecule has 0 amide bonds. The van der Waals surface area contributed by atoms with E-state index in [1.54, 1.807) is 6.92 Å². The van der Waals surface area contributed by atoms with E-state index in [9.17, 15) is 8.42 Å². The van der Waals surface area contributed by atoms with Crippen molar-refractivity contribution in [2.45, 2.75) is 46.1 Å². The standard InChI is InChI=1S/C14H30N2O2S/c1-4-19(17,18)10-6-9-16-8-5-7-14(12-16)11-15-13(2)3/h13-15H,4-12H2,1-3H3. The van der Waals surface area contributed by atoms with E-state index in [1.807, 2.05) is 0 Å². The molecule has 1 atom stereocenters. The fraction of sp³-hybridized carbons (Fsp3) is 1.00. The fourth-order valence-electron chi connectivity index (χ4n) is 2.58. The normalized spacial score (nSPS) is 22.0. The number of piperidine rings is 1. The van der Waals surface area contributed by atoms with Crippen molar-refractivity contribution in [2.75, 3.05) is 37.7 Å². The molecule has 1 fully saturated rings. The molecular formula is C14H30N2O2S. The molecule has 1 unspecified atom stereocenters. The van der Waals surface area contributed by atoms with E-state index in [-0.39, 0.29) is 5.75 Å². The molecule has 19 heavy (non-hydrogen) atoms. The van der Waals surface area contributed by atoms with Crippen LogP contribution in [0.1, 0.15) is 40.0 Å². The smallest absolute Gasteiger partial charge is 0.150 e. The number of nitrogens with zero attached hydrogens (tertiary/aromatic N) is 1. The van der Waals surface area contributed by atoms with Crippen LogP contribution in [0.3, 0.4) is 0 Å². The molecule has 114 valence electrons. The van der Waals surface area contributed by atoms with Gasteiger partial charge in [0.25, 0.3) is 0 Å². The summed E-state index contributed by atoms with van der Waals surface area (Å²) in [6, 6.07) is 0.546. The van der Waals surface area contributed by atoms with Crippen LogP contribution in [-0.4, -0.2) is 57.0 Å². The number of sulfone groups is 1. The fourth-order valence-corrected chi connectivity index (χ4v) is 3.43. The Morgan fingerprint density at radius 2 is 2.11 bits per heavy atom. The Morgan fingerprint density at radius 1 is 1.37 bits per heavy atom. The van der Waals surface area contributed by atoms with Crippen molar-refractivity contribution in [3.8, 4) is 0 Å². The zero-order valence-corrected chi connectivity index (χ0v) is 13.5. The Bertz CT molecular complexity index is 341. The minimum Gasteiger partial charge on any atom is -0.314 e. The van der Waals surface area contributed by atoms with Crippen molar-refractivity contribution >= 4 is 9.84 Å². The molecular weight excluding hydrogens is 260 g/mol. The molecule has 0 aliphatic carbocycles. The zero-order valence-electron chi connectivity index (χ0n) is 12.7. The Kier molecular flexibility index (Phi) is 7.32. The number of nitrogens with one attached hydrogen (secondary N) is 1. The quantitative estimate of drug-likeness (QED) is 0.736. The van der Waals surface area contributed by atoms with Crippen LogP contribution in [-0.2, 0) is 9.84 Å². The van der Waals surface area contributed by atoms with Crippen molar-refractivity contribution in [1.29, 1.82) is 0 Å². The van der Waals surface area contributed by atoms with Crippen molar-refractivity contribution in [3.63, 3.8) is 0 Å². The monoisotopic (exact) mass is 290 g/mol. The van der Waals surface area contributed by atoms with Crippen LogP contribution in [0.4, 0.5) is 0 Å². The van der Waals surface area contributed by atoms with E-state index in [0.29, 0.717) is 11.8 Å². The van der Waals surface area contributed by atoms with Crippen molar-refractivity contribution < 1.29 is 8.42 Å². The van der Waals surface area contributed by atoms with Gasteiger partial charge in [-0.25, -0.2) is 8.42 Å². The highest BCUT2D eigenvalue weighted by Crippen LogP contribution is 2.16. The predicted molar refractivity (Wildman–Crippen MR) is 81.2 cm³/mol. The first-order valence-electron chi connectivity index (χ1n) is 7.59. The van der Waals surface area contributed by atoms with Gasteiger partial charge in [-0.2, -0.15) is 0 Å². The van der Waals surface area contributed by atoms with E-state index in [2.05, 4.69) is 24.1 Å². The van der Waals surface area contributed by atoms with Gasteiger partial charge in [-0.1, -0.05) is 20.8 Å². The van der Waals surface area contributed by atoms with E-state index >= 15 is 0 Å². The van der Waals surface area contributed by atoms with Crippen molar-refractivity contribution in [2.24, 2.45) is 5.92 Å². The Labute approximate surface area is 118 Å². The molecule has 0 bridgehead atoms. The molecule has 0 radical (unpaired) electrons. The zero-order chi connectivity index (χ0) is 14.3. The number of likely N-dealkylation sites (tertiary alicyclic amines) is 1. The van der Waals surface area contributed by atoms with Gasteiger partial charge in [-0.3, -0.25) is 0 Å². The number of hydrogen-bond acceptors (Lipinski definition) is 4. The third kappa shape index (κ3) is 7.28. The summed E-state index contributed by atoms with van der Waals surface area (Å²) in [5.41, 5.74) is 0. The third-order valence-electron chi connectivity index (χ3n) is 3.79. The van der Waals surface area contributed by atoms with Gasteiger partial charge in [0.1, 0.15) is 9.84 Å². The van der Waals surface area contributed by atoms with Crippen LogP contribution in [0.25, 0.3) is 0 Å².